The zero-order valence-corrected chi connectivity index (χ0v) is 18.5. The molecule has 3 aromatic rings. The van der Waals surface area contributed by atoms with Crippen molar-refractivity contribution in [3.05, 3.63) is 102 Å². The van der Waals surface area contributed by atoms with Crippen molar-refractivity contribution in [1.29, 1.82) is 0 Å². The fourth-order valence-electron chi connectivity index (χ4n) is 2.70. The highest BCUT2D eigenvalue weighted by molar-refractivity contribution is 7.85. The van der Waals surface area contributed by atoms with Gasteiger partial charge in [-0.15, -0.1) is 0 Å². The standard InChI is InChI=1S/C17H19NO3.C7H8O3S/c18-15(11-13-7-3-1-4-8-13)16(19)17(20)21-12-14-9-5-2-6-10-14;1-6-2-4-7(5-3-6)11(8,9)10/h1-10,15-16,19H,11-12,18H2;2-5H,1H3,(H,8,9,10)/t15-,16?;/m0./s1. The monoisotopic (exact) mass is 457 g/mol. The fraction of sp³-hybridized carbons (Fsp3) is 0.208. The van der Waals surface area contributed by atoms with Gasteiger partial charge in [-0.3, -0.25) is 4.55 Å². The molecule has 7 nitrogen and oxygen atoms in total. The Hall–Kier alpha value is -3.04. The molecular weight excluding hydrogens is 430 g/mol. The van der Waals surface area contributed by atoms with E-state index in [4.69, 9.17) is 15.0 Å². The summed E-state index contributed by atoms with van der Waals surface area (Å²) in [4.78, 5) is 11.7. The molecule has 1 unspecified atom stereocenters. The lowest BCUT2D eigenvalue weighted by Crippen LogP contribution is -2.42. The summed E-state index contributed by atoms with van der Waals surface area (Å²) in [5.74, 6) is -0.692. The molecule has 0 amide bonds. The molecule has 0 aliphatic rings. The van der Waals surface area contributed by atoms with Gasteiger partial charge >= 0.3 is 5.97 Å². The summed E-state index contributed by atoms with van der Waals surface area (Å²) >= 11 is 0. The van der Waals surface area contributed by atoms with Gasteiger partial charge in [0.05, 0.1) is 4.90 Å². The van der Waals surface area contributed by atoms with E-state index >= 15 is 0 Å². The van der Waals surface area contributed by atoms with Crippen molar-refractivity contribution in [2.75, 3.05) is 0 Å². The Morgan fingerprint density at radius 3 is 1.91 bits per heavy atom. The predicted octanol–water partition coefficient (Wildman–Crippen LogP) is 2.90. The van der Waals surface area contributed by atoms with Crippen LogP contribution in [0.5, 0.6) is 0 Å². The van der Waals surface area contributed by atoms with E-state index in [9.17, 15) is 18.3 Å². The molecule has 3 rings (SSSR count). The van der Waals surface area contributed by atoms with E-state index in [0.717, 1.165) is 16.7 Å². The van der Waals surface area contributed by atoms with Crippen LogP contribution < -0.4 is 5.73 Å². The quantitative estimate of drug-likeness (QED) is 0.368. The van der Waals surface area contributed by atoms with E-state index in [-0.39, 0.29) is 11.5 Å². The first kappa shape index (κ1) is 25.2. The minimum atomic E-state index is -4.02. The van der Waals surface area contributed by atoms with E-state index in [1.807, 2.05) is 67.6 Å². The maximum atomic E-state index is 11.8. The number of rotatable bonds is 7. The van der Waals surface area contributed by atoms with Crippen LogP contribution in [0.2, 0.25) is 0 Å². The summed E-state index contributed by atoms with van der Waals surface area (Å²) in [6, 6.07) is 24.1. The van der Waals surface area contributed by atoms with Gasteiger partial charge < -0.3 is 15.6 Å². The number of nitrogens with two attached hydrogens (primary N) is 1. The summed E-state index contributed by atoms with van der Waals surface area (Å²) in [7, 11) is -4.02. The summed E-state index contributed by atoms with van der Waals surface area (Å²) in [5.41, 5.74) is 8.67. The summed E-state index contributed by atoms with van der Waals surface area (Å²) < 4.78 is 34.6. The van der Waals surface area contributed by atoms with Gasteiger partial charge in [0, 0.05) is 6.04 Å². The summed E-state index contributed by atoms with van der Waals surface area (Å²) in [5, 5.41) is 9.93. The highest BCUT2D eigenvalue weighted by Crippen LogP contribution is 2.09. The number of aryl methyl sites for hydroxylation is 1. The molecule has 0 saturated heterocycles. The molecule has 0 radical (unpaired) electrons. The molecule has 32 heavy (non-hydrogen) atoms. The molecule has 0 aliphatic heterocycles. The topological polar surface area (TPSA) is 127 Å². The Kier molecular flexibility index (Phi) is 9.55. The van der Waals surface area contributed by atoms with E-state index < -0.39 is 28.2 Å². The van der Waals surface area contributed by atoms with Crippen LogP contribution >= 0.6 is 0 Å². The van der Waals surface area contributed by atoms with Crippen molar-refractivity contribution in [1.82, 2.24) is 0 Å². The van der Waals surface area contributed by atoms with Crippen LogP contribution in [0.15, 0.2) is 89.8 Å². The van der Waals surface area contributed by atoms with Crippen LogP contribution in [-0.2, 0) is 32.7 Å². The van der Waals surface area contributed by atoms with Gasteiger partial charge in [0.2, 0.25) is 0 Å². The average molecular weight is 458 g/mol. The third kappa shape index (κ3) is 8.60. The SMILES string of the molecule is Cc1ccc(S(=O)(=O)O)cc1.N[C@@H](Cc1ccccc1)C(O)C(=O)OCc1ccccc1. The summed E-state index contributed by atoms with van der Waals surface area (Å²) in [6.45, 7) is 1.97. The second-order valence-electron chi connectivity index (χ2n) is 7.18. The molecule has 0 bridgehead atoms. The third-order valence-electron chi connectivity index (χ3n) is 4.50. The predicted molar refractivity (Wildman–Crippen MR) is 121 cm³/mol. The van der Waals surface area contributed by atoms with Gasteiger partial charge in [0.25, 0.3) is 10.1 Å². The Morgan fingerprint density at radius 1 is 0.906 bits per heavy atom. The number of carbonyl (C=O) groups excluding carboxylic acids is 1. The van der Waals surface area contributed by atoms with Crippen LogP contribution in [0.1, 0.15) is 16.7 Å². The average Bonchev–Trinajstić information content (AvgIpc) is 2.78. The first-order valence-electron chi connectivity index (χ1n) is 9.89. The van der Waals surface area contributed by atoms with Crippen molar-refractivity contribution in [2.45, 2.75) is 37.0 Å². The number of hydrogen-bond acceptors (Lipinski definition) is 6. The second kappa shape index (κ2) is 12.1. The molecule has 0 heterocycles. The minimum absolute atomic E-state index is 0.0666. The van der Waals surface area contributed by atoms with Crippen molar-refractivity contribution >= 4 is 16.1 Å². The Morgan fingerprint density at radius 2 is 1.41 bits per heavy atom. The lowest BCUT2D eigenvalue weighted by Gasteiger charge is -2.17. The van der Waals surface area contributed by atoms with Gasteiger partial charge in [-0.1, -0.05) is 78.4 Å². The number of esters is 1. The lowest BCUT2D eigenvalue weighted by atomic mass is 10.0. The molecule has 8 heteroatoms. The third-order valence-corrected chi connectivity index (χ3v) is 5.37. The maximum Gasteiger partial charge on any atom is 0.336 e. The van der Waals surface area contributed by atoms with Crippen molar-refractivity contribution in [3.8, 4) is 0 Å². The maximum absolute atomic E-state index is 11.8. The van der Waals surface area contributed by atoms with E-state index in [0.29, 0.717) is 6.42 Å². The molecule has 170 valence electrons. The first-order valence-corrected chi connectivity index (χ1v) is 11.3. The van der Waals surface area contributed by atoms with Gasteiger partial charge in [-0.05, 0) is 36.6 Å². The van der Waals surface area contributed by atoms with Gasteiger partial charge in [0.1, 0.15) is 6.61 Å². The zero-order valence-electron chi connectivity index (χ0n) is 17.7. The van der Waals surface area contributed by atoms with Crippen LogP contribution in [-0.4, -0.2) is 36.2 Å². The van der Waals surface area contributed by atoms with E-state index in [1.165, 1.54) is 12.1 Å². The van der Waals surface area contributed by atoms with E-state index in [1.54, 1.807) is 12.1 Å². The largest absolute Gasteiger partial charge is 0.459 e. The highest BCUT2D eigenvalue weighted by atomic mass is 32.2. The molecule has 3 aromatic carbocycles. The van der Waals surface area contributed by atoms with Crippen molar-refractivity contribution in [2.24, 2.45) is 5.73 Å². The van der Waals surface area contributed by atoms with Crippen LogP contribution in [0.25, 0.3) is 0 Å². The molecule has 0 saturated carbocycles. The van der Waals surface area contributed by atoms with Gasteiger partial charge in [0.15, 0.2) is 6.10 Å². The number of aliphatic hydroxyl groups is 1. The lowest BCUT2D eigenvalue weighted by molar-refractivity contribution is -0.156. The van der Waals surface area contributed by atoms with Crippen molar-refractivity contribution < 1.29 is 27.6 Å². The van der Waals surface area contributed by atoms with Gasteiger partial charge in [-0.2, -0.15) is 8.42 Å². The molecule has 0 aromatic heterocycles. The Balaban J connectivity index is 0.000000278. The highest BCUT2D eigenvalue weighted by Gasteiger charge is 2.24. The number of hydrogen-bond donors (Lipinski definition) is 3. The fourth-order valence-corrected chi connectivity index (χ4v) is 3.18. The molecule has 0 fully saturated rings. The number of aliphatic hydroxyl groups excluding tert-OH is 1. The molecule has 0 spiro atoms. The molecule has 0 aliphatic carbocycles. The normalized spacial score (nSPS) is 12.8. The number of carbonyl (C=O) groups is 1. The minimum Gasteiger partial charge on any atom is -0.459 e. The van der Waals surface area contributed by atoms with Crippen LogP contribution in [0.4, 0.5) is 0 Å². The zero-order chi connectivity index (χ0) is 23.6. The molecule has 2 atom stereocenters. The van der Waals surface area contributed by atoms with Crippen LogP contribution in [0, 0.1) is 6.92 Å². The van der Waals surface area contributed by atoms with E-state index in [2.05, 4.69) is 0 Å². The number of ether oxygens (including phenoxy) is 1. The molecular formula is C24H27NO6S. The Bertz CT molecular complexity index is 1070. The molecule has 4 N–H and O–H groups in total. The first-order chi connectivity index (χ1) is 15.2. The summed E-state index contributed by atoms with van der Waals surface area (Å²) in [6.07, 6.45) is -0.906. The van der Waals surface area contributed by atoms with Gasteiger partial charge in [-0.25, -0.2) is 4.79 Å². The van der Waals surface area contributed by atoms with Crippen LogP contribution in [0.3, 0.4) is 0 Å². The van der Waals surface area contributed by atoms with Crippen molar-refractivity contribution in [3.63, 3.8) is 0 Å². The number of benzene rings is 3. The second-order valence-corrected chi connectivity index (χ2v) is 8.60. The Labute approximate surface area is 188 Å². The smallest absolute Gasteiger partial charge is 0.336 e.